The lowest BCUT2D eigenvalue weighted by molar-refractivity contribution is -0.122. The first-order valence-corrected chi connectivity index (χ1v) is 9.44. The number of anilines is 1. The second-order valence-corrected chi connectivity index (χ2v) is 7.42. The molecule has 0 bridgehead atoms. The van der Waals surface area contributed by atoms with E-state index in [-0.39, 0.29) is 20.7 Å². The number of amides is 2. The number of hydrogen-bond acceptors (Lipinski definition) is 3. The van der Waals surface area contributed by atoms with Crippen LogP contribution in [0.2, 0.25) is 10.0 Å². The Balaban J connectivity index is 1.84. The summed E-state index contributed by atoms with van der Waals surface area (Å²) in [5.74, 6) is -1.12. The van der Waals surface area contributed by atoms with Crippen LogP contribution in [0.3, 0.4) is 0 Å². The molecular weight excluding hydrogens is 417 g/mol. The Morgan fingerprint density at radius 2 is 1.82 bits per heavy atom. The lowest BCUT2D eigenvalue weighted by Crippen LogP contribution is -2.54. The number of carbonyl (C=O) groups is 2. The minimum atomic E-state index is -0.564. The van der Waals surface area contributed by atoms with Crippen LogP contribution in [0.4, 0.5) is 5.69 Å². The molecule has 1 fully saturated rings. The summed E-state index contributed by atoms with van der Waals surface area (Å²) in [6, 6.07) is 12.6. The fraction of sp³-hybridized carbons (Fsp3) is 0.0500. The Hall–Kier alpha value is -2.67. The van der Waals surface area contributed by atoms with Crippen LogP contribution in [0, 0.1) is 0 Å². The van der Waals surface area contributed by atoms with Gasteiger partial charge in [0.25, 0.3) is 11.8 Å². The smallest absolute Gasteiger partial charge is 0.270 e. The molecule has 1 N–H and O–H groups in total. The van der Waals surface area contributed by atoms with Gasteiger partial charge in [-0.15, -0.1) is 0 Å². The van der Waals surface area contributed by atoms with E-state index >= 15 is 0 Å². The van der Waals surface area contributed by atoms with Crippen molar-refractivity contribution in [3.8, 4) is 0 Å². The van der Waals surface area contributed by atoms with Crippen molar-refractivity contribution in [3.63, 3.8) is 0 Å². The van der Waals surface area contributed by atoms with E-state index < -0.39 is 11.8 Å². The number of thiocarbonyl (C=S) groups is 1. The Kier molecular flexibility index (Phi) is 4.71. The number of hydrogen-bond donors (Lipinski definition) is 1. The largest absolute Gasteiger partial charge is 0.350 e. The predicted octanol–water partition coefficient (Wildman–Crippen LogP) is 4.32. The molecule has 2 heterocycles. The van der Waals surface area contributed by atoms with E-state index in [1.807, 2.05) is 42.1 Å². The second-order valence-electron chi connectivity index (χ2n) is 6.24. The van der Waals surface area contributed by atoms with Crippen molar-refractivity contribution in [1.82, 2.24) is 9.88 Å². The standard InChI is InChI=1S/C20H13Cl2N3O2S/c1-24-10-11(12-5-2-3-7-15(12)24)9-13-18(26)23-20(28)25(19(13)27)16-8-4-6-14(21)17(16)22/h2-10H,1H3,(H,23,26,28)/b13-9+. The number of halogens is 2. The molecule has 0 spiro atoms. The quantitative estimate of drug-likeness (QED) is 0.375. The molecule has 1 aliphatic heterocycles. The maximum Gasteiger partial charge on any atom is 0.270 e. The molecule has 2 amide bonds. The third-order valence-corrected chi connectivity index (χ3v) is 5.59. The molecule has 8 heteroatoms. The van der Waals surface area contributed by atoms with Crippen molar-refractivity contribution < 1.29 is 9.59 Å². The number of rotatable bonds is 2. The molecular formula is C20H13Cl2N3O2S. The zero-order chi connectivity index (χ0) is 20.0. The number of aromatic nitrogens is 1. The third-order valence-electron chi connectivity index (χ3n) is 4.50. The second kappa shape index (κ2) is 7.05. The molecule has 28 heavy (non-hydrogen) atoms. The predicted molar refractivity (Wildman–Crippen MR) is 116 cm³/mol. The summed E-state index contributed by atoms with van der Waals surface area (Å²) in [7, 11) is 1.90. The third kappa shape index (κ3) is 2.99. The molecule has 3 aromatic rings. The Morgan fingerprint density at radius 1 is 1.07 bits per heavy atom. The first-order chi connectivity index (χ1) is 13.4. The fourth-order valence-electron chi connectivity index (χ4n) is 3.18. The Morgan fingerprint density at radius 3 is 2.61 bits per heavy atom. The van der Waals surface area contributed by atoms with Crippen LogP contribution in [-0.2, 0) is 16.6 Å². The van der Waals surface area contributed by atoms with Crippen molar-refractivity contribution in [2.75, 3.05) is 4.90 Å². The minimum absolute atomic E-state index is 0.0407. The highest BCUT2D eigenvalue weighted by Gasteiger charge is 2.35. The molecule has 4 rings (SSSR count). The molecule has 140 valence electrons. The van der Waals surface area contributed by atoms with Crippen LogP contribution in [0.5, 0.6) is 0 Å². The van der Waals surface area contributed by atoms with Crippen LogP contribution in [0.15, 0.2) is 54.2 Å². The van der Waals surface area contributed by atoms with Crippen molar-refractivity contribution in [2.45, 2.75) is 0 Å². The van der Waals surface area contributed by atoms with E-state index in [0.717, 1.165) is 16.5 Å². The van der Waals surface area contributed by atoms with Gasteiger partial charge in [-0.25, -0.2) is 0 Å². The van der Waals surface area contributed by atoms with Gasteiger partial charge in [-0.1, -0.05) is 47.5 Å². The molecule has 1 aromatic heterocycles. The maximum absolute atomic E-state index is 13.2. The first kappa shape index (κ1) is 18.7. The minimum Gasteiger partial charge on any atom is -0.350 e. The molecule has 0 atom stereocenters. The summed E-state index contributed by atoms with van der Waals surface area (Å²) < 4.78 is 1.93. The normalized spacial score (nSPS) is 16.2. The molecule has 5 nitrogen and oxygen atoms in total. The summed E-state index contributed by atoms with van der Waals surface area (Å²) in [6.45, 7) is 0. The molecule has 2 aromatic carbocycles. The highest BCUT2D eigenvalue weighted by Crippen LogP contribution is 2.34. The van der Waals surface area contributed by atoms with Crippen LogP contribution in [0.1, 0.15) is 5.56 Å². The van der Waals surface area contributed by atoms with E-state index in [4.69, 9.17) is 35.4 Å². The van der Waals surface area contributed by atoms with E-state index in [1.54, 1.807) is 24.3 Å². The van der Waals surface area contributed by atoms with Crippen molar-refractivity contribution in [1.29, 1.82) is 0 Å². The SMILES string of the molecule is Cn1cc(/C=C2\C(=O)NC(=S)N(c3cccc(Cl)c3Cl)C2=O)c2ccccc21. The van der Waals surface area contributed by atoms with Gasteiger partial charge in [0.2, 0.25) is 0 Å². The van der Waals surface area contributed by atoms with Gasteiger partial charge in [-0.2, -0.15) is 0 Å². The Bertz CT molecular complexity index is 1200. The van der Waals surface area contributed by atoms with Gasteiger partial charge in [0, 0.05) is 29.7 Å². The zero-order valence-electron chi connectivity index (χ0n) is 14.6. The highest BCUT2D eigenvalue weighted by molar-refractivity contribution is 7.80. The van der Waals surface area contributed by atoms with Crippen LogP contribution >= 0.6 is 35.4 Å². The van der Waals surface area contributed by atoms with Gasteiger partial charge in [0.1, 0.15) is 5.57 Å². The van der Waals surface area contributed by atoms with Crippen molar-refractivity contribution in [3.05, 3.63) is 69.8 Å². The van der Waals surface area contributed by atoms with E-state index in [9.17, 15) is 9.59 Å². The van der Waals surface area contributed by atoms with Gasteiger partial charge in [0.15, 0.2) is 5.11 Å². The Labute approximate surface area is 176 Å². The van der Waals surface area contributed by atoms with Crippen LogP contribution < -0.4 is 10.2 Å². The van der Waals surface area contributed by atoms with Crippen LogP contribution in [-0.4, -0.2) is 21.5 Å². The van der Waals surface area contributed by atoms with Gasteiger partial charge in [0.05, 0.1) is 15.7 Å². The van der Waals surface area contributed by atoms with E-state index in [2.05, 4.69) is 5.32 Å². The zero-order valence-corrected chi connectivity index (χ0v) is 16.9. The average molecular weight is 430 g/mol. The topological polar surface area (TPSA) is 54.3 Å². The van der Waals surface area contributed by atoms with E-state index in [0.29, 0.717) is 5.69 Å². The number of fused-ring (bicyclic) bond motifs is 1. The number of para-hydroxylation sites is 1. The molecule has 0 unspecified atom stereocenters. The van der Waals surface area contributed by atoms with Crippen LogP contribution in [0.25, 0.3) is 17.0 Å². The number of carbonyl (C=O) groups excluding carboxylic acids is 2. The lowest BCUT2D eigenvalue weighted by atomic mass is 10.1. The molecule has 0 saturated carbocycles. The highest BCUT2D eigenvalue weighted by atomic mass is 35.5. The molecule has 1 aliphatic rings. The molecule has 0 aliphatic carbocycles. The summed E-state index contributed by atoms with van der Waals surface area (Å²) in [5, 5.41) is 3.90. The van der Waals surface area contributed by atoms with Gasteiger partial charge in [-0.3, -0.25) is 19.8 Å². The monoisotopic (exact) mass is 429 g/mol. The number of aryl methyl sites for hydroxylation is 1. The summed E-state index contributed by atoms with van der Waals surface area (Å²) in [4.78, 5) is 26.9. The van der Waals surface area contributed by atoms with Crippen molar-refractivity contribution in [2.24, 2.45) is 7.05 Å². The fourth-order valence-corrected chi connectivity index (χ4v) is 3.84. The molecule has 1 saturated heterocycles. The summed E-state index contributed by atoms with van der Waals surface area (Å²) >= 11 is 17.5. The lowest BCUT2D eigenvalue weighted by Gasteiger charge is -2.29. The van der Waals surface area contributed by atoms with Gasteiger partial charge in [-0.05, 0) is 36.5 Å². The maximum atomic E-state index is 13.2. The number of benzene rings is 2. The average Bonchev–Trinajstić information content (AvgIpc) is 2.98. The first-order valence-electron chi connectivity index (χ1n) is 8.28. The number of nitrogens with zero attached hydrogens (tertiary/aromatic N) is 2. The van der Waals surface area contributed by atoms with Crippen molar-refractivity contribution >= 4 is 75.0 Å². The molecule has 0 radical (unpaired) electrons. The summed E-state index contributed by atoms with van der Waals surface area (Å²) in [5.41, 5.74) is 2.01. The summed E-state index contributed by atoms with van der Waals surface area (Å²) in [6.07, 6.45) is 3.43. The van der Waals surface area contributed by atoms with E-state index in [1.165, 1.54) is 4.90 Å². The van der Waals surface area contributed by atoms with Gasteiger partial charge >= 0.3 is 0 Å². The van der Waals surface area contributed by atoms with Gasteiger partial charge < -0.3 is 4.57 Å². The number of nitrogens with one attached hydrogen (secondary N) is 1.